The summed E-state index contributed by atoms with van der Waals surface area (Å²) in [6, 6.07) is 0. The number of hydrogen-bond donors (Lipinski definition) is 0. The molecule has 0 heterocycles. The summed E-state index contributed by atoms with van der Waals surface area (Å²) in [6.07, 6.45) is 18.2. The molecule has 0 N–H and O–H groups in total. The van der Waals surface area contributed by atoms with Gasteiger partial charge in [0.1, 0.15) is 0 Å². The van der Waals surface area contributed by atoms with Crippen LogP contribution in [-0.2, 0) is 0 Å². The van der Waals surface area contributed by atoms with Crippen molar-refractivity contribution in [1.29, 1.82) is 0 Å². The summed E-state index contributed by atoms with van der Waals surface area (Å²) in [5, 5.41) is 0. The third-order valence-corrected chi connectivity index (χ3v) is 1.96. The zero-order valence-corrected chi connectivity index (χ0v) is 9.90. The molecule has 0 heteroatoms. The summed E-state index contributed by atoms with van der Waals surface area (Å²) in [5.41, 5.74) is 2.32. The zero-order chi connectivity index (χ0) is 11.5. The first kappa shape index (κ1) is 13.4. The van der Waals surface area contributed by atoms with Crippen LogP contribution in [0.5, 0.6) is 0 Å². The molecule has 0 aliphatic rings. The first-order valence-electron chi connectivity index (χ1n) is 5.21. The third kappa shape index (κ3) is 6.50. The Balaban J connectivity index is 4.54. The average Bonchev–Trinajstić information content (AvgIpc) is 2.28. The highest BCUT2D eigenvalue weighted by Crippen LogP contribution is 2.04. The minimum Gasteiger partial charge on any atom is -0.0985 e. The molecule has 0 radical (unpaired) electrons. The predicted octanol–water partition coefficient (Wildman–Crippen LogP) is 4.75. The van der Waals surface area contributed by atoms with Gasteiger partial charge in [-0.25, -0.2) is 0 Å². The molecule has 0 aromatic heterocycles. The highest BCUT2D eigenvalue weighted by atomic mass is 13.9. The van der Waals surface area contributed by atoms with Gasteiger partial charge >= 0.3 is 0 Å². The van der Waals surface area contributed by atoms with Crippen molar-refractivity contribution in [2.45, 2.75) is 20.8 Å². The molecule has 80 valence electrons. The highest BCUT2D eigenvalue weighted by molar-refractivity contribution is 5.38. The minimum absolute atomic E-state index is 1.13. The van der Waals surface area contributed by atoms with Gasteiger partial charge in [0, 0.05) is 0 Å². The summed E-state index contributed by atoms with van der Waals surface area (Å²) >= 11 is 0. The van der Waals surface area contributed by atoms with Crippen LogP contribution in [0.3, 0.4) is 0 Å². The number of allylic oxidation sites excluding steroid dienone is 11. The first-order chi connectivity index (χ1) is 7.28. The van der Waals surface area contributed by atoms with Gasteiger partial charge in [-0.05, 0) is 31.9 Å². The molecule has 0 rings (SSSR count). The van der Waals surface area contributed by atoms with Gasteiger partial charge in [-0.1, -0.05) is 61.3 Å². The fourth-order valence-corrected chi connectivity index (χ4v) is 1.00. The second kappa shape index (κ2) is 9.01. The lowest BCUT2D eigenvalue weighted by Gasteiger charge is -1.93. The molecular formula is C15H20. The Bertz CT molecular complexity index is 320. The van der Waals surface area contributed by atoms with E-state index in [2.05, 4.69) is 30.9 Å². The minimum atomic E-state index is 1.13. The van der Waals surface area contributed by atoms with Gasteiger partial charge in [-0.15, -0.1) is 0 Å². The van der Waals surface area contributed by atoms with Crippen LogP contribution in [0.2, 0.25) is 0 Å². The van der Waals surface area contributed by atoms with E-state index < -0.39 is 0 Å². The summed E-state index contributed by atoms with van der Waals surface area (Å²) < 4.78 is 0. The second-order valence-corrected chi connectivity index (χ2v) is 3.00. The quantitative estimate of drug-likeness (QED) is 0.562. The molecule has 0 nitrogen and oxygen atoms in total. The Morgan fingerprint density at radius 2 is 1.40 bits per heavy atom. The maximum atomic E-state index is 3.74. The molecule has 0 aromatic rings. The van der Waals surface area contributed by atoms with Crippen molar-refractivity contribution < 1.29 is 0 Å². The normalized spacial score (nSPS) is 14.6. The number of hydrogen-bond acceptors (Lipinski definition) is 0. The van der Waals surface area contributed by atoms with Crippen LogP contribution >= 0.6 is 0 Å². The van der Waals surface area contributed by atoms with Crippen molar-refractivity contribution in [1.82, 2.24) is 0 Å². The summed E-state index contributed by atoms with van der Waals surface area (Å²) in [5.74, 6) is 0. The molecule has 0 atom stereocenters. The van der Waals surface area contributed by atoms with E-state index >= 15 is 0 Å². The molecular weight excluding hydrogens is 180 g/mol. The van der Waals surface area contributed by atoms with E-state index in [0.29, 0.717) is 0 Å². The van der Waals surface area contributed by atoms with Gasteiger partial charge in [-0.3, -0.25) is 0 Å². The highest BCUT2D eigenvalue weighted by Gasteiger charge is 1.84. The predicted molar refractivity (Wildman–Crippen MR) is 70.8 cm³/mol. The fourth-order valence-electron chi connectivity index (χ4n) is 1.00. The Kier molecular flexibility index (Phi) is 8.08. The largest absolute Gasteiger partial charge is 0.0985 e. The van der Waals surface area contributed by atoms with E-state index in [1.807, 2.05) is 51.2 Å². The van der Waals surface area contributed by atoms with Crippen LogP contribution in [0.15, 0.2) is 72.4 Å². The molecule has 0 unspecified atom stereocenters. The molecule has 0 bridgehead atoms. The summed E-state index contributed by atoms with van der Waals surface area (Å²) in [7, 11) is 0. The lowest BCUT2D eigenvalue weighted by Crippen LogP contribution is -1.72. The van der Waals surface area contributed by atoms with Gasteiger partial charge in [0.05, 0.1) is 0 Å². The molecule has 0 spiro atoms. The van der Waals surface area contributed by atoms with Crippen LogP contribution in [0, 0.1) is 0 Å². The van der Waals surface area contributed by atoms with Crippen LogP contribution in [0.25, 0.3) is 0 Å². The zero-order valence-electron chi connectivity index (χ0n) is 9.90. The molecule has 0 saturated carbocycles. The van der Waals surface area contributed by atoms with E-state index in [9.17, 15) is 0 Å². The van der Waals surface area contributed by atoms with Crippen LogP contribution in [0.1, 0.15) is 20.8 Å². The summed E-state index contributed by atoms with van der Waals surface area (Å²) in [4.78, 5) is 0. The lowest BCUT2D eigenvalue weighted by molar-refractivity contribution is 1.55. The van der Waals surface area contributed by atoms with E-state index in [-0.39, 0.29) is 0 Å². The van der Waals surface area contributed by atoms with Crippen molar-refractivity contribution >= 4 is 0 Å². The molecule has 0 aliphatic heterocycles. The maximum Gasteiger partial charge on any atom is -0.0299 e. The maximum absolute atomic E-state index is 3.74. The first-order valence-corrected chi connectivity index (χ1v) is 5.21. The van der Waals surface area contributed by atoms with E-state index in [0.717, 1.165) is 5.57 Å². The third-order valence-electron chi connectivity index (χ3n) is 1.96. The molecule has 0 fully saturated rings. The lowest BCUT2D eigenvalue weighted by atomic mass is 10.1. The van der Waals surface area contributed by atoms with Gasteiger partial charge in [-0.2, -0.15) is 0 Å². The van der Waals surface area contributed by atoms with Crippen molar-refractivity contribution in [3.8, 4) is 0 Å². The van der Waals surface area contributed by atoms with Gasteiger partial charge in [0.15, 0.2) is 0 Å². The Labute approximate surface area is 93.7 Å². The number of rotatable bonds is 5. The fraction of sp³-hybridized carbons (Fsp3) is 0.200. The SMILES string of the molecule is C=CC(C=CC(C=CC=CC)=CC)=CC. The average molecular weight is 200 g/mol. The van der Waals surface area contributed by atoms with Crippen LogP contribution < -0.4 is 0 Å². The van der Waals surface area contributed by atoms with Crippen molar-refractivity contribution in [3.05, 3.63) is 72.4 Å². The van der Waals surface area contributed by atoms with Gasteiger partial charge < -0.3 is 0 Å². The van der Waals surface area contributed by atoms with Gasteiger partial charge in [0.25, 0.3) is 0 Å². The van der Waals surface area contributed by atoms with E-state index in [1.54, 1.807) is 0 Å². The van der Waals surface area contributed by atoms with Crippen LogP contribution in [0.4, 0.5) is 0 Å². The molecule has 0 aromatic carbocycles. The monoisotopic (exact) mass is 200 g/mol. The van der Waals surface area contributed by atoms with Gasteiger partial charge in [0.2, 0.25) is 0 Å². The smallest absolute Gasteiger partial charge is 0.0299 e. The Morgan fingerprint density at radius 3 is 1.87 bits per heavy atom. The van der Waals surface area contributed by atoms with Crippen molar-refractivity contribution in [3.63, 3.8) is 0 Å². The van der Waals surface area contributed by atoms with E-state index in [1.165, 1.54) is 5.57 Å². The van der Waals surface area contributed by atoms with E-state index in [4.69, 9.17) is 0 Å². The Morgan fingerprint density at radius 1 is 0.800 bits per heavy atom. The Hall–Kier alpha value is -1.56. The topological polar surface area (TPSA) is 0 Å². The molecule has 15 heavy (non-hydrogen) atoms. The van der Waals surface area contributed by atoms with Crippen molar-refractivity contribution in [2.24, 2.45) is 0 Å². The molecule has 0 aliphatic carbocycles. The summed E-state index contributed by atoms with van der Waals surface area (Å²) in [6.45, 7) is 9.78. The van der Waals surface area contributed by atoms with Crippen LogP contribution in [-0.4, -0.2) is 0 Å². The standard InChI is InChI=1S/C15H20/c1-5-9-10-11-15(8-4)13-12-14(6-2)7-3/h5-13H,2H2,1,3-4H3. The molecule has 0 saturated heterocycles. The second-order valence-electron chi connectivity index (χ2n) is 3.00. The van der Waals surface area contributed by atoms with Crippen molar-refractivity contribution in [2.75, 3.05) is 0 Å². The molecule has 0 amide bonds.